The number of hydrogen-bond donors (Lipinski definition) is 1. The van der Waals surface area contributed by atoms with E-state index in [9.17, 15) is 0 Å². The highest BCUT2D eigenvalue weighted by molar-refractivity contribution is 9.11. The van der Waals surface area contributed by atoms with E-state index in [1.54, 1.807) is 11.3 Å². The van der Waals surface area contributed by atoms with Crippen molar-refractivity contribution in [3.63, 3.8) is 0 Å². The van der Waals surface area contributed by atoms with Gasteiger partial charge >= 0.3 is 0 Å². The van der Waals surface area contributed by atoms with Crippen molar-refractivity contribution >= 4 is 27.3 Å². The lowest BCUT2D eigenvalue weighted by Gasteiger charge is -2.18. The van der Waals surface area contributed by atoms with Crippen molar-refractivity contribution in [3.05, 3.63) is 20.8 Å². The molecule has 0 aliphatic rings. The van der Waals surface area contributed by atoms with Gasteiger partial charge in [0.1, 0.15) is 0 Å². The molecule has 17 heavy (non-hydrogen) atoms. The third-order valence-electron chi connectivity index (χ3n) is 2.78. The fourth-order valence-corrected chi connectivity index (χ4v) is 3.06. The molecule has 1 rings (SSSR count). The van der Waals surface area contributed by atoms with Gasteiger partial charge in [-0.1, -0.05) is 13.3 Å². The third-order valence-corrected chi connectivity index (χ3v) is 4.34. The van der Waals surface area contributed by atoms with E-state index in [2.05, 4.69) is 58.5 Å². The minimum Gasteiger partial charge on any atom is -0.313 e. The first-order valence-electron chi connectivity index (χ1n) is 6.26. The molecular weight excluding hydrogens is 296 g/mol. The second-order valence-electron chi connectivity index (χ2n) is 4.64. The molecule has 0 radical (unpaired) electrons. The van der Waals surface area contributed by atoms with Crippen molar-refractivity contribution in [1.29, 1.82) is 0 Å². The topological polar surface area (TPSA) is 15.3 Å². The van der Waals surface area contributed by atoms with Crippen LogP contribution in [0.3, 0.4) is 0 Å². The van der Waals surface area contributed by atoms with E-state index in [1.807, 2.05) is 0 Å². The monoisotopic (exact) mass is 318 g/mol. The Morgan fingerprint density at radius 3 is 2.88 bits per heavy atom. The Bertz CT molecular complexity index is 314. The van der Waals surface area contributed by atoms with E-state index >= 15 is 0 Å². The van der Waals surface area contributed by atoms with Crippen molar-refractivity contribution < 1.29 is 0 Å². The van der Waals surface area contributed by atoms with Crippen LogP contribution < -0.4 is 5.32 Å². The van der Waals surface area contributed by atoms with Crippen LogP contribution in [0, 0.1) is 0 Å². The lowest BCUT2D eigenvalue weighted by molar-refractivity contribution is 0.316. The number of thiophene rings is 1. The Morgan fingerprint density at radius 2 is 2.29 bits per heavy atom. The molecule has 1 unspecified atom stereocenters. The molecule has 2 nitrogen and oxygen atoms in total. The van der Waals surface area contributed by atoms with Crippen LogP contribution in [-0.4, -0.2) is 31.1 Å². The van der Waals surface area contributed by atoms with E-state index in [0.717, 1.165) is 19.6 Å². The van der Waals surface area contributed by atoms with E-state index < -0.39 is 0 Å². The predicted molar refractivity (Wildman–Crippen MR) is 80.7 cm³/mol. The molecule has 0 aromatic carbocycles. The van der Waals surface area contributed by atoms with Crippen molar-refractivity contribution in [2.45, 2.75) is 39.3 Å². The molecular formula is C13H23BrN2S. The summed E-state index contributed by atoms with van der Waals surface area (Å²) in [6.07, 6.45) is 2.52. The average Bonchev–Trinajstić information content (AvgIpc) is 2.64. The Morgan fingerprint density at radius 1 is 1.53 bits per heavy atom. The first kappa shape index (κ1) is 15.2. The zero-order chi connectivity index (χ0) is 12.7. The van der Waals surface area contributed by atoms with Crippen molar-refractivity contribution in [3.8, 4) is 0 Å². The first-order valence-corrected chi connectivity index (χ1v) is 7.94. The summed E-state index contributed by atoms with van der Waals surface area (Å²) in [6.45, 7) is 7.70. The van der Waals surface area contributed by atoms with Crippen LogP contribution in [0.1, 0.15) is 32.3 Å². The Balaban J connectivity index is 2.15. The zero-order valence-corrected chi connectivity index (χ0v) is 13.4. The van der Waals surface area contributed by atoms with Crippen LogP contribution in [0.5, 0.6) is 0 Å². The van der Waals surface area contributed by atoms with Gasteiger partial charge in [-0.05, 0) is 53.3 Å². The van der Waals surface area contributed by atoms with Crippen LogP contribution in [0.15, 0.2) is 15.2 Å². The lowest BCUT2D eigenvalue weighted by Crippen LogP contribution is -2.33. The van der Waals surface area contributed by atoms with Crippen LogP contribution >= 0.6 is 27.3 Å². The molecule has 0 fully saturated rings. The van der Waals surface area contributed by atoms with E-state index in [4.69, 9.17) is 0 Å². The van der Waals surface area contributed by atoms with Crippen molar-refractivity contribution in [1.82, 2.24) is 10.2 Å². The quantitative estimate of drug-likeness (QED) is 0.785. The maximum Gasteiger partial charge on any atom is 0.0701 e. The lowest BCUT2D eigenvalue weighted by atomic mass is 10.2. The van der Waals surface area contributed by atoms with Gasteiger partial charge in [0.25, 0.3) is 0 Å². The maximum absolute atomic E-state index is 3.56. The number of halogens is 1. The Labute approximate surface area is 118 Å². The van der Waals surface area contributed by atoms with Gasteiger partial charge in [0, 0.05) is 25.7 Å². The Kier molecular flexibility index (Phi) is 7.35. The summed E-state index contributed by atoms with van der Waals surface area (Å²) in [7, 11) is 2.18. The summed E-state index contributed by atoms with van der Waals surface area (Å²) < 4.78 is 1.22. The molecule has 1 atom stereocenters. The standard InChI is InChI=1S/C13H23BrN2S/c1-4-5-11(2)15-6-7-16(3)9-12-8-13(14)17-10-12/h8,10-11,15H,4-7,9H2,1-3H3. The van der Waals surface area contributed by atoms with Gasteiger partial charge in [-0.25, -0.2) is 0 Å². The van der Waals surface area contributed by atoms with Crippen LogP contribution in [0.2, 0.25) is 0 Å². The minimum absolute atomic E-state index is 0.642. The normalized spacial score (nSPS) is 13.2. The summed E-state index contributed by atoms with van der Waals surface area (Å²) in [5.74, 6) is 0. The van der Waals surface area contributed by atoms with Crippen molar-refractivity contribution in [2.75, 3.05) is 20.1 Å². The molecule has 0 saturated heterocycles. The van der Waals surface area contributed by atoms with Gasteiger partial charge in [0.2, 0.25) is 0 Å². The van der Waals surface area contributed by atoms with E-state index in [0.29, 0.717) is 6.04 Å². The largest absolute Gasteiger partial charge is 0.313 e. The first-order chi connectivity index (χ1) is 8.11. The smallest absolute Gasteiger partial charge is 0.0701 e. The fourth-order valence-electron chi connectivity index (χ4n) is 1.86. The molecule has 1 aromatic rings. The van der Waals surface area contributed by atoms with Gasteiger partial charge in [0.05, 0.1) is 3.79 Å². The predicted octanol–water partition coefficient (Wildman–Crippen LogP) is 3.72. The molecule has 98 valence electrons. The van der Waals surface area contributed by atoms with E-state index in [-0.39, 0.29) is 0 Å². The average molecular weight is 319 g/mol. The summed E-state index contributed by atoms with van der Waals surface area (Å²) in [4.78, 5) is 2.36. The fraction of sp³-hybridized carbons (Fsp3) is 0.692. The van der Waals surface area contributed by atoms with Gasteiger partial charge in [-0.3, -0.25) is 0 Å². The van der Waals surface area contributed by atoms with E-state index in [1.165, 1.54) is 22.2 Å². The highest BCUT2D eigenvalue weighted by Crippen LogP contribution is 2.21. The maximum atomic E-state index is 3.56. The highest BCUT2D eigenvalue weighted by Gasteiger charge is 2.04. The third kappa shape index (κ3) is 6.55. The second kappa shape index (κ2) is 8.25. The zero-order valence-electron chi connectivity index (χ0n) is 11.0. The molecule has 0 spiro atoms. The van der Waals surface area contributed by atoms with Crippen LogP contribution in [0.4, 0.5) is 0 Å². The number of likely N-dealkylation sites (N-methyl/N-ethyl adjacent to an activating group) is 1. The molecule has 0 bridgehead atoms. The number of nitrogens with zero attached hydrogens (tertiary/aromatic N) is 1. The molecule has 1 heterocycles. The summed E-state index contributed by atoms with van der Waals surface area (Å²) >= 11 is 5.25. The number of rotatable bonds is 8. The molecule has 4 heteroatoms. The molecule has 0 amide bonds. The van der Waals surface area contributed by atoms with Crippen molar-refractivity contribution in [2.24, 2.45) is 0 Å². The summed E-state index contributed by atoms with van der Waals surface area (Å²) in [5, 5.41) is 5.77. The van der Waals surface area contributed by atoms with Crippen LogP contribution in [0.25, 0.3) is 0 Å². The second-order valence-corrected chi connectivity index (χ2v) is 6.93. The van der Waals surface area contributed by atoms with Gasteiger partial charge in [-0.15, -0.1) is 11.3 Å². The Hall–Kier alpha value is 0.100. The van der Waals surface area contributed by atoms with Gasteiger partial charge < -0.3 is 10.2 Å². The minimum atomic E-state index is 0.642. The number of hydrogen-bond acceptors (Lipinski definition) is 3. The van der Waals surface area contributed by atoms with Crippen LogP contribution in [-0.2, 0) is 6.54 Å². The SMILES string of the molecule is CCCC(C)NCCN(C)Cc1csc(Br)c1. The summed E-state index contributed by atoms with van der Waals surface area (Å²) in [5.41, 5.74) is 1.39. The summed E-state index contributed by atoms with van der Waals surface area (Å²) in [6, 6.07) is 2.84. The molecule has 0 saturated carbocycles. The number of nitrogens with one attached hydrogen (secondary N) is 1. The molecule has 0 aliphatic carbocycles. The van der Waals surface area contributed by atoms with Gasteiger partial charge in [0.15, 0.2) is 0 Å². The molecule has 1 aromatic heterocycles. The molecule has 1 N–H and O–H groups in total. The highest BCUT2D eigenvalue weighted by atomic mass is 79.9. The van der Waals surface area contributed by atoms with Gasteiger partial charge in [-0.2, -0.15) is 0 Å². The molecule has 0 aliphatic heterocycles.